The Morgan fingerprint density at radius 1 is 1.00 bits per heavy atom. The van der Waals surface area contributed by atoms with Crippen molar-refractivity contribution < 1.29 is 19.1 Å². The van der Waals surface area contributed by atoms with Crippen LogP contribution in [0.3, 0.4) is 0 Å². The van der Waals surface area contributed by atoms with Gasteiger partial charge in [-0.15, -0.1) is 0 Å². The van der Waals surface area contributed by atoms with Crippen LogP contribution in [0.2, 0.25) is 0 Å². The lowest BCUT2D eigenvalue weighted by Crippen LogP contribution is -2.18. The van der Waals surface area contributed by atoms with Crippen molar-refractivity contribution >= 4 is 11.6 Å². The predicted octanol–water partition coefficient (Wildman–Crippen LogP) is 2.09. The van der Waals surface area contributed by atoms with E-state index in [1.165, 1.54) is 12.4 Å². The molecule has 0 bridgehead atoms. The van der Waals surface area contributed by atoms with Crippen molar-refractivity contribution in [1.82, 2.24) is 10.2 Å². The average molecular weight is 298 g/mol. The second-order valence-electron chi connectivity index (χ2n) is 4.81. The highest BCUT2D eigenvalue weighted by atomic mass is 16.6. The lowest BCUT2D eigenvalue weighted by molar-refractivity contribution is 0.0911. The Hall–Kier alpha value is -2.76. The second-order valence-corrected chi connectivity index (χ2v) is 4.81. The number of ketones is 2. The van der Waals surface area contributed by atoms with E-state index in [-0.39, 0.29) is 24.4 Å². The number of ether oxygens (including phenoxy) is 2. The third-order valence-electron chi connectivity index (χ3n) is 3.35. The first-order chi connectivity index (χ1) is 10.8. The summed E-state index contributed by atoms with van der Waals surface area (Å²) in [6, 6.07) is 6.78. The van der Waals surface area contributed by atoms with Crippen LogP contribution in [0.4, 0.5) is 0 Å². The second kappa shape index (κ2) is 6.34. The first-order valence-electron chi connectivity index (χ1n) is 6.97. The molecule has 0 unspecified atom stereocenters. The maximum Gasteiger partial charge on any atom is 0.172 e. The molecule has 0 atom stereocenters. The first kappa shape index (κ1) is 14.2. The number of rotatable bonds is 5. The van der Waals surface area contributed by atoms with Gasteiger partial charge in [-0.3, -0.25) is 9.59 Å². The molecule has 6 heteroatoms. The molecule has 0 N–H and O–H groups in total. The largest absolute Gasteiger partial charge is 0.486 e. The van der Waals surface area contributed by atoms with E-state index in [0.29, 0.717) is 35.8 Å². The van der Waals surface area contributed by atoms with Crippen LogP contribution in [-0.4, -0.2) is 35.0 Å². The normalized spacial score (nSPS) is 12.7. The number of nitrogens with zero attached hydrogens (tertiary/aromatic N) is 2. The zero-order valence-corrected chi connectivity index (χ0v) is 11.8. The molecule has 0 spiro atoms. The van der Waals surface area contributed by atoms with Crippen molar-refractivity contribution in [2.75, 3.05) is 13.2 Å². The van der Waals surface area contributed by atoms with Gasteiger partial charge in [-0.1, -0.05) is 6.07 Å². The quantitative estimate of drug-likeness (QED) is 0.786. The number of carbonyl (C=O) groups is 2. The molecule has 0 saturated carbocycles. The van der Waals surface area contributed by atoms with Crippen LogP contribution < -0.4 is 9.47 Å². The van der Waals surface area contributed by atoms with Gasteiger partial charge in [0.2, 0.25) is 0 Å². The fourth-order valence-corrected chi connectivity index (χ4v) is 2.26. The molecule has 1 aromatic heterocycles. The molecule has 0 fully saturated rings. The number of aromatic nitrogens is 2. The van der Waals surface area contributed by atoms with Crippen LogP contribution >= 0.6 is 0 Å². The lowest BCUT2D eigenvalue weighted by atomic mass is 10.0. The van der Waals surface area contributed by atoms with E-state index < -0.39 is 0 Å². The molecular formula is C16H14N2O4. The van der Waals surface area contributed by atoms with E-state index in [2.05, 4.69) is 10.2 Å². The summed E-state index contributed by atoms with van der Waals surface area (Å²) in [5.41, 5.74) is 0.912. The van der Waals surface area contributed by atoms with Crippen molar-refractivity contribution in [1.29, 1.82) is 0 Å². The molecule has 112 valence electrons. The first-order valence-corrected chi connectivity index (χ1v) is 6.97. The van der Waals surface area contributed by atoms with Gasteiger partial charge in [0.05, 0.1) is 18.0 Å². The van der Waals surface area contributed by atoms with E-state index in [4.69, 9.17) is 9.47 Å². The predicted molar refractivity (Wildman–Crippen MR) is 77.4 cm³/mol. The topological polar surface area (TPSA) is 78.4 Å². The number of hydrogen-bond acceptors (Lipinski definition) is 6. The molecule has 1 aliphatic rings. The minimum absolute atomic E-state index is 0.112. The van der Waals surface area contributed by atoms with E-state index >= 15 is 0 Å². The summed E-state index contributed by atoms with van der Waals surface area (Å²) in [4.78, 5) is 24.3. The van der Waals surface area contributed by atoms with Gasteiger partial charge in [-0.2, -0.15) is 10.2 Å². The molecule has 2 heterocycles. The maximum absolute atomic E-state index is 12.3. The van der Waals surface area contributed by atoms with Crippen molar-refractivity contribution in [2.24, 2.45) is 0 Å². The van der Waals surface area contributed by atoms with E-state index in [1.807, 2.05) is 0 Å². The summed E-state index contributed by atoms with van der Waals surface area (Å²) in [6.45, 7) is 0.886. The molecule has 0 radical (unpaired) electrons. The summed E-state index contributed by atoms with van der Waals surface area (Å²) in [6.07, 6.45) is 3.08. The zero-order chi connectivity index (χ0) is 15.4. The van der Waals surface area contributed by atoms with Crippen LogP contribution in [0.25, 0.3) is 0 Å². The van der Waals surface area contributed by atoms with Crippen LogP contribution in [-0.2, 0) is 0 Å². The summed E-state index contributed by atoms with van der Waals surface area (Å²) in [7, 11) is 0. The Labute approximate surface area is 127 Å². The molecule has 1 aliphatic heterocycles. The van der Waals surface area contributed by atoms with Crippen molar-refractivity contribution in [3.05, 3.63) is 47.8 Å². The summed E-state index contributed by atoms with van der Waals surface area (Å²) in [5, 5.41) is 7.28. The summed E-state index contributed by atoms with van der Waals surface area (Å²) < 4.78 is 11.0. The molecule has 3 rings (SSSR count). The Morgan fingerprint density at radius 3 is 2.64 bits per heavy atom. The zero-order valence-electron chi connectivity index (χ0n) is 11.8. The fraction of sp³-hybridized carbons (Fsp3) is 0.250. The summed E-state index contributed by atoms with van der Waals surface area (Å²) >= 11 is 0. The third kappa shape index (κ3) is 2.95. The minimum Gasteiger partial charge on any atom is -0.486 e. The van der Waals surface area contributed by atoms with Gasteiger partial charge in [0.15, 0.2) is 23.1 Å². The lowest BCUT2D eigenvalue weighted by Gasteiger charge is -2.20. The highest BCUT2D eigenvalue weighted by molar-refractivity contribution is 6.03. The highest BCUT2D eigenvalue weighted by Gasteiger charge is 2.20. The van der Waals surface area contributed by atoms with Gasteiger partial charge >= 0.3 is 0 Å². The average Bonchev–Trinajstić information content (AvgIpc) is 2.59. The van der Waals surface area contributed by atoms with Gasteiger partial charge in [0.25, 0.3) is 0 Å². The van der Waals surface area contributed by atoms with E-state index in [1.54, 1.807) is 24.3 Å². The van der Waals surface area contributed by atoms with Crippen molar-refractivity contribution in [2.45, 2.75) is 12.8 Å². The van der Waals surface area contributed by atoms with Gasteiger partial charge in [-0.05, 0) is 18.2 Å². The van der Waals surface area contributed by atoms with Gasteiger partial charge in [0, 0.05) is 18.4 Å². The van der Waals surface area contributed by atoms with E-state index in [9.17, 15) is 9.59 Å². The van der Waals surface area contributed by atoms with Crippen LogP contribution in [0.1, 0.15) is 33.6 Å². The number of Topliss-reactive ketones (excluding diaryl/α,β-unsaturated/α-hetero) is 2. The minimum atomic E-state index is -0.141. The van der Waals surface area contributed by atoms with E-state index in [0.717, 1.165) is 0 Å². The number of benzene rings is 1. The van der Waals surface area contributed by atoms with Gasteiger partial charge in [-0.25, -0.2) is 0 Å². The third-order valence-corrected chi connectivity index (χ3v) is 3.35. The molecule has 0 aliphatic carbocycles. The molecule has 1 aromatic carbocycles. The molecule has 0 amide bonds. The smallest absolute Gasteiger partial charge is 0.172 e. The highest BCUT2D eigenvalue weighted by Crippen LogP contribution is 2.34. The number of para-hydroxylation sites is 1. The Balaban J connectivity index is 1.69. The SMILES string of the molecule is O=C(CCC(=O)c1cccc2c1OCCO2)c1ccnnc1. The molecule has 6 nitrogen and oxygen atoms in total. The standard InChI is InChI=1S/C16H14N2O4/c19-13(11-6-7-17-18-10-11)4-5-14(20)12-2-1-3-15-16(12)22-9-8-21-15/h1-3,6-7,10H,4-5,8-9H2. The molecular weight excluding hydrogens is 284 g/mol. The number of carbonyl (C=O) groups excluding carboxylic acids is 2. The number of fused-ring (bicyclic) bond motifs is 1. The molecule has 0 saturated heterocycles. The van der Waals surface area contributed by atoms with Gasteiger partial charge in [0.1, 0.15) is 13.2 Å². The maximum atomic E-state index is 12.3. The monoisotopic (exact) mass is 298 g/mol. The molecule has 22 heavy (non-hydrogen) atoms. The molecule has 2 aromatic rings. The number of hydrogen-bond donors (Lipinski definition) is 0. The Kier molecular flexibility index (Phi) is 4.09. The van der Waals surface area contributed by atoms with Crippen LogP contribution in [0.5, 0.6) is 11.5 Å². The van der Waals surface area contributed by atoms with Crippen molar-refractivity contribution in [3.63, 3.8) is 0 Å². The van der Waals surface area contributed by atoms with Gasteiger partial charge < -0.3 is 9.47 Å². The Morgan fingerprint density at radius 2 is 1.82 bits per heavy atom. The van der Waals surface area contributed by atoms with Crippen LogP contribution in [0, 0.1) is 0 Å². The van der Waals surface area contributed by atoms with Crippen molar-refractivity contribution in [3.8, 4) is 11.5 Å². The fourth-order valence-electron chi connectivity index (χ4n) is 2.26. The van der Waals surface area contributed by atoms with Crippen LogP contribution in [0.15, 0.2) is 36.7 Å². The Bertz CT molecular complexity index is 701. The summed E-state index contributed by atoms with van der Waals surface area (Å²) in [5.74, 6) is 0.765.